The number of guanidine groups is 1. The highest BCUT2D eigenvalue weighted by Gasteiger charge is 2.13. The second-order valence-electron chi connectivity index (χ2n) is 5.69. The highest BCUT2D eigenvalue weighted by Crippen LogP contribution is 2.17. The molecule has 0 aliphatic heterocycles. The van der Waals surface area contributed by atoms with Crippen LogP contribution < -0.4 is 15.4 Å². The van der Waals surface area contributed by atoms with E-state index in [0.29, 0.717) is 23.4 Å². The molecule has 1 aromatic carbocycles. The molecule has 0 saturated heterocycles. The Morgan fingerprint density at radius 2 is 2.04 bits per heavy atom. The molecule has 10 heteroatoms. The lowest BCUT2D eigenvalue weighted by Gasteiger charge is -2.15. The van der Waals surface area contributed by atoms with E-state index in [9.17, 15) is 8.42 Å². The van der Waals surface area contributed by atoms with Crippen LogP contribution in [0.1, 0.15) is 18.4 Å². The van der Waals surface area contributed by atoms with Gasteiger partial charge in [0, 0.05) is 31.7 Å². The van der Waals surface area contributed by atoms with Crippen LogP contribution in [0.25, 0.3) is 0 Å². The van der Waals surface area contributed by atoms with Crippen molar-refractivity contribution in [2.24, 2.45) is 4.99 Å². The van der Waals surface area contributed by atoms with Gasteiger partial charge in [0.15, 0.2) is 5.96 Å². The van der Waals surface area contributed by atoms with Crippen molar-refractivity contribution in [2.45, 2.75) is 17.7 Å². The molecule has 1 unspecified atom stereocenters. The number of sulfonamides is 1. The normalized spacial score (nSPS) is 12.9. The molecule has 0 aliphatic carbocycles. The van der Waals surface area contributed by atoms with Gasteiger partial charge in [0.2, 0.25) is 10.0 Å². The lowest BCUT2D eigenvalue weighted by atomic mass is 10.1. The molecule has 2 rings (SSSR count). The Bertz CT molecular complexity index is 829. The fourth-order valence-electron chi connectivity index (χ4n) is 2.23. The molecule has 3 N–H and O–H groups in total. The lowest BCUT2D eigenvalue weighted by molar-refractivity contribution is 0.580. The summed E-state index contributed by atoms with van der Waals surface area (Å²) in [5.74, 6) is 0.996. The Kier molecular flexibility index (Phi) is 10.6. The van der Waals surface area contributed by atoms with E-state index in [0.717, 1.165) is 6.54 Å². The molecular weight excluding hydrogens is 519 g/mol. The van der Waals surface area contributed by atoms with Gasteiger partial charge in [-0.15, -0.1) is 24.0 Å². The molecule has 1 atom stereocenters. The van der Waals surface area contributed by atoms with Crippen molar-refractivity contribution in [1.29, 1.82) is 0 Å². The highest BCUT2D eigenvalue weighted by atomic mass is 127. The third-order valence-corrected chi connectivity index (χ3v) is 6.12. The minimum absolute atomic E-state index is 0. The van der Waals surface area contributed by atoms with E-state index in [1.807, 2.05) is 0 Å². The second-order valence-corrected chi connectivity index (χ2v) is 8.68. The number of rotatable bonds is 8. The largest absolute Gasteiger partial charge is 0.356 e. The zero-order chi connectivity index (χ0) is 19.0. The number of thiophene rings is 1. The first-order valence-corrected chi connectivity index (χ1v) is 10.9. The summed E-state index contributed by atoms with van der Waals surface area (Å²) in [5.41, 5.74) is 1.28. The van der Waals surface area contributed by atoms with Crippen LogP contribution in [0.3, 0.4) is 0 Å². The van der Waals surface area contributed by atoms with Gasteiger partial charge in [-0.25, -0.2) is 13.1 Å². The quantitative estimate of drug-likeness (QED) is 0.207. The van der Waals surface area contributed by atoms with E-state index in [-0.39, 0.29) is 35.4 Å². The third-order valence-electron chi connectivity index (χ3n) is 3.73. The maximum absolute atomic E-state index is 12.2. The molecular formula is C17H24ClIN4O2S2. The average molecular weight is 543 g/mol. The van der Waals surface area contributed by atoms with Crippen LogP contribution in [-0.4, -0.2) is 41.1 Å². The fourth-order valence-corrected chi connectivity index (χ4v) is 4.34. The predicted molar refractivity (Wildman–Crippen MR) is 124 cm³/mol. The number of aliphatic imine (C=N–C) groups is 1. The summed E-state index contributed by atoms with van der Waals surface area (Å²) in [6.07, 6.45) is 0. The van der Waals surface area contributed by atoms with E-state index in [2.05, 4.69) is 44.1 Å². The van der Waals surface area contributed by atoms with Crippen LogP contribution in [0.15, 0.2) is 51.0 Å². The fraction of sp³-hybridized carbons (Fsp3) is 0.353. The van der Waals surface area contributed by atoms with Gasteiger partial charge in [0.05, 0.1) is 4.90 Å². The molecule has 0 bridgehead atoms. The Balaban J connectivity index is 0.00000364. The second kappa shape index (κ2) is 11.8. The molecule has 0 radical (unpaired) electrons. The number of nitrogens with one attached hydrogen (secondary N) is 3. The number of nitrogens with zero attached hydrogens (tertiary/aromatic N) is 1. The molecule has 0 saturated carbocycles. The Morgan fingerprint density at radius 3 is 2.67 bits per heavy atom. The lowest BCUT2D eigenvalue weighted by Crippen LogP contribution is -2.42. The van der Waals surface area contributed by atoms with Crippen molar-refractivity contribution in [3.8, 4) is 0 Å². The van der Waals surface area contributed by atoms with Crippen molar-refractivity contribution >= 4 is 62.9 Å². The number of benzene rings is 1. The van der Waals surface area contributed by atoms with E-state index >= 15 is 0 Å². The van der Waals surface area contributed by atoms with E-state index in [1.165, 1.54) is 17.7 Å². The van der Waals surface area contributed by atoms with Crippen LogP contribution in [-0.2, 0) is 10.0 Å². The van der Waals surface area contributed by atoms with Gasteiger partial charge in [-0.05, 0) is 46.5 Å². The summed E-state index contributed by atoms with van der Waals surface area (Å²) < 4.78 is 26.9. The molecule has 0 aliphatic rings. The summed E-state index contributed by atoms with van der Waals surface area (Å²) in [5, 5.41) is 10.9. The highest BCUT2D eigenvalue weighted by molar-refractivity contribution is 14.0. The minimum atomic E-state index is -3.58. The standard InChI is InChI=1S/C17H23ClN4O2S2.HI/c1-13(14-6-9-25-12-14)11-21-17(19-2)20-7-8-22-26(23,24)16-5-3-4-15(18)10-16;/h3-6,9-10,12-13,22H,7-8,11H2,1-2H3,(H2,19,20,21);1H. The van der Waals surface area contributed by atoms with E-state index in [1.54, 1.807) is 30.5 Å². The smallest absolute Gasteiger partial charge is 0.240 e. The third kappa shape index (κ3) is 7.94. The summed E-state index contributed by atoms with van der Waals surface area (Å²) in [4.78, 5) is 4.30. The molecule has 0 spiro atoms. The van der Waals surface area contributed by atoms with Gasteiger partial charge in [-0.3, -0.25) is 4.99 Å². The monoisotopic (exact) mass is 542 g/mol. The SMILES string of the molecule is CN=C(NCCNS(=O)(=O)c1cccc(Cl)c1)NCC(C)c1ccsc1.I. The summed E-state index contributed by atoms with van der Waals surface area (Å²) >= 11 is 7.52. The molecule has 1 heterocycles. The maximum Gasteiger partial charge on any atom is 0.240 e. The molecule has 150 valence electrons. The van der Waals surface area contributed by atoms with Crippen LogP contribution in [0.4, 0.5) is 0 Å². The number of hydrogen-bond donors (Lipinski definition) is 3. The molecule has 0 fully saturated rings. The summed E-state index contributed by atoms with van der Waals surface area (Å²) in [6, 6.07) is 8.28. The van der Waals surface area contributed by atoms with Crippen molar-refractivity contribution in [3.63, 3.8) is 0 Å². The van der Waals surface area contributed by atoms with Gasteiger partial charge in [-0.2, -0.15) is 11.3 Å². The van der Waals surface area contributed by atoms with Gasteiger partial charge in [0.25, 0.3) is 0 Å². The topological polar surface area (TPSA) is 82.6 Å². The van der Waals surface area contributed by atoms with E-state index in [4.69, 9.17) is 11.6 Å². The molecule has 27 heavy (non-hydrogen) atoms. The van der Waals surface area contributed by atoms with Gasteiger partial charge < -0.3 is 10.6 Å². The molecule has 6 nitrogen and oxygen atoms in total. The van der Waals surface area contributed by atoms with Crippen LogP contribution in [0, 0.1) is 0 Å². The molecule has 1 aromatic heterocycles. The van der Waals surface area contributed by atoms with Crippen LogP contribution >= 0.6 is 46.9 Å². The average Bonchev–Trinajstić information content (AvgIpc) is 3.15. The van der Waals surface area contributed by atoms with Gasteiger partial charge in [0.1, 0.15) is 0 Å². The zero-order valence-corrected chi connectivity index (χ0v) is 19.8. The van der Waals surface area contributed by atoms with Crippen molar-refractivity contribution < 1.29 is 8.42 Å². The predicted octanol–water partition coefficient (Wildman–Crippen LogP) is 3.27. The van der Waals surface area contributed by atoms with Gasteiger partial charge >= 0.3 is 0 Å². The summed E-state index contributed by atoms with van der Waals surface area (Å²) in [7, 11) is -1.90. The first-order chi connectivity index (χ1) is 12.4. The minimum Gasteiger partial charge on any atom is -0.356 e. The van der Waals surface area contributed by atoms with Crippen molar-refractivity contribution in [2.75, 3.05) is 26.7 Å². The van der Waals surface area contributed by atoms with Crippen LogP contribution in [0.5, 0.6) is 0 Å². The molecule has 0 amide bonds. The first kappa shape index (κ1) is 24.2. The Hall–Kier alpha value is -0.880. The summed E-state index contributed by atoms with van der Waals surface area (Å²) in [6.45, 7) is 3.52. The first-order valence-electron chi connectivity index (χ1n) is 8.14. The Labute approximate surface area is 186 Å². The van der Waals surface area contributed by atoms with Crippen molar-refractivity contribution in [1.82, 2.24) is 15.4 Å². The van der Waals surface area contributed by atoms with Crippen molar-refractivity contribution in [3.05, 3.63) is 51.7 Å². The van der Waals surface area contributed by atoms with Crippen LogP contribution in [0.2, 0.25) is 5.02 Å². The zero-order valence-electron chi connectivity index (χ0n) is 15.1. The Morgan fingerprint density at radius 1 is 1.26 bits per heavy atom. The maximum atomic E-state index is 12.2. The number of hydrogen-bond acceptors (Lipinski definition) is 4. The molecule has 2 aromatic rings. The van der Waals surface area contributed by atoms with Gasteiger partial charge in [-0.1, -0.05) is 24.6 Å². The van der Waals surface area contributed by atoms with E-state index < -0.39 is 10.0 Å². The number of halogens is 2.